The molecule has 0 bridgehead atoms. The number of carbonyl (C=O) groups is 2. The van der Waals surface area contributed by atoms with Crippen molar-refractivity contribution in [3.8, 4) is 10.8 Å². The van der Waals surface area contributed by atoms with Crippen molar-refractivity contribution in [2.75, 3.05) is 0 Å². The normalized spacial score (nSPS) is 15.1. The van der Waals surface area contributed by atoms with E-state index in [9.17, 15) is 9.59 Å². The SMILES string of the molecule is O=C(Cc1ccccc1)NN1C(=O)C(=Cc2ccc(-c3nc4ccccc4s3)o2)SC1=S. The molecule has 4 aromatic rings. The zero-order chi connectivity index (χ0) is 22.1. The van der Waals surface area contributed by atoms with Crippen LogP contribution in [0.25, 0.3) is 27.1 Å². The van der Waals surface area contributed by atoms with Gasteiger partial charge in [-0.2, -0.15) is 5.01 Å². The minimum absolute atomic E-state index is 0.153. The van der Waals surface area contributed by atoms with Crippen molar-refractivity contribution >= 4 is 67.7 Å². The fraction of sp³-hybridized carbons (Fsp3) is 0.0435. The Morgan fingerprint density at radius 2 is 1.88 bits per heavy atom. The zero-order valence-corrected chi connectivity index (χ0v) is 18.9. The van der Waals surface area contributed by atoms with Crippen molar-refractivity contribution in [1.29, 1.82) is 0 Å². The van der Waals surface area contributed by atoms with E-state index in [-0.39, 0.29) is 22.6 Å². The third kappa shape index (κ3) is 4.22. The number of nitrogens with one attached hydrogen (secondary N) is 1. The van der Waals surface area contributed by atoms with Gasteiger partial charge in [0.05, 0.1) is 21.5 Å². The highest BCUT2D eigenvalue weighted by Crippen LogP contribution is 2.34. The fourth-order valence-corrected chi connectivity index (χ4v) is 5.25. The Labute approximate surface area is 196 Å². The van der Waals surface area contributed by atoms with Crippen LogP contribution in [0.4, 0.5) is 0 Å². The second kappa shape index (κ2) is 8.70. The molecule has 0 atom stereocenters. The van der Waals surface area contributed by atoms with Gasteiger partial charge in [-0.1, -0.05) is 54.2 Å². The minimum atomic E-state index is -0.389. The Morgan fingerprint density at radius 1 is 1.09 bits per heavy atom. The topological polar surface area (TPSA) is 75.4 Å². The number of amides is 2. The summed E-state index contributed by atoms with van der Waals surface area (Å²) in [6, 6.07) is 20.8. The van der Waals surface area contributed by atoms with Gasteiger partial charge < -0.3 is 4.42 Å². The first kappa shape index (κ1) is 20.6. The molecule has 1 fully saturated rings. The summed E-state index contributed by atoms with van der Waals surface area (Å²) in [4.78, 5) is 30.1. The number of para-hydroxylation sites is 1. The molecule has 0 spiro atoms. The van der Waals surface area contributed by atoms with E-state index < -0.39 is 0 Å². The molecule has 9 heteroatoms. The highest BCUT2D eigenvalue weighted by molar-refractivity contribution is 8.26. The van der Waals surface area contributed by atoms with Gasteiger partial charge in [0.2, 0.25) is 5.91 Å². The summed E-state index contributed by atoms with van der Waals surface area (Å²) in [6.45, 7) is 0. The van der Waals surface area contributed by atoms with E-state index in [1.54, 1.807) is 23.5 Å². The summed E-state index contributed by atoms with van der Waals surface area (Å²) < 4.78 is 7.24. The Morgan fingerprint density at radius 3 is 2.69 bits per heavy atom. The third-order valence-electron chi connectivity index (χ3n) is 4.64. The molecular weight excluding hydrogens is 462 g/mol. The van der Waals surface area contributed by atoms with Crippen LogP contribution in [0.15, 0.2) is 76.1 Å². The van der Waals surface area contributed by atoms with Crippen molar-refractivity contribution in [3.05, 3.63) is 83.0 Å². The molecule has 3 heterocycles. The maximum absolute atomic E-state index is 12.8. The lowest BCUT2D eigenvalue weighted by atomic mass is 10.1. The molecule has 32 heavy (non-hydrogen) atoms. The molecule has 1 aliphatic heterocycles. The molecule has 1 aliphatic rings. The van der Waals surface area contributed by atoms with Crippen LogP contribution in [0.5, 0.6) is 0 Å². The number of nitrogens with zero attached hydrogens (tertiary/aromatic N) is 2. The molecule has 0 unspecified atom stereocenters. The minimum Gasteiger partial charge on any atom is -0.454 e. The molecule has 0 saturated carbocycles. The summed E-state index contributed by atoms with van der Waals surface area (Å²) in [6.07, 6.45) is 1.78. The van der Waals surface area contributed by atoms with Crippen LogP contribution in [0.3, 0.4) is 0 Å². The van der Waals surface area contributed by atoms with Gasteiger partial charge in [0.25, 0.3) is 5.91 Å². The number of thioether (sulfide) groups is 1. The second-order valence-corrected chi connectivity index (χ2v) is 9.61. The first-order valence-electron chi connectivity index (χ1n) is 9.64. The first-order valence-corrected chi connectivity index (χ1v) is 11.7. The molecular formula is C23H15N3O3S3. The summed E-state index contributed by atoms with van der Waals surface area (Å²) >= 11 is 7.94. The van der Waals surface area contributed by atoms with E-state index >= 15 is 0 Å². The molecule has 1 N–H and O–H groups in total. The highest BCUT2D eigenvalue weighted by atomic mass is 32.2. The highest BCUT2D eigenvalue weighted by Gasteiger charge is 2.33. The monoisotopic (exact) mass is 477 g/mol. The number of thiazole rings is 1. The smallest absolute Gasteiger partial charge is 0.285 e. The summed E-state index contributed by atoms with van der Waals surface area (Å²) in [5, 5.41) is 1.88. The lowest BCUT2D eigenvalue weighted by molar-refractivity contribution is -0.132. The van der Waals surface area contributed by atoms with Crippen LogP contribution in [-0.2, 0) is 16.0 Å². The van der Waals surface area contributed by atoms with Gasteiger partial charge in [-0.3, -0.25) is 15.0 Å². The van der Waals surface area contributed by atoms with Crippen LogP contribution in [0.2, 0.25) is 0 Å². The summed E-state index contributed by atoms with van der Waals surface area (Å²) in [7, 11) is 0. The number of thiocarbonyl (C=S) groups is 1. The Bertz CT molecular complexity index is 1340. The Hall–Kier alpha value is -3.27. The van der Waals surface area contributed by atoms with Crippen LogP contribution in [-0.4, -0.2) is 26.1 Å². The number of aromatic nitrogens is 1. The number of hydrazine groups is 1. The molecule has 158 valence electrons. The molecule has 2 amide bonds. The van der Waals surface area contributed by atoms with Gasteiger partial charge in [-0.05, 0) is 42.0 Å². The molecule has 5 rings (SSSR count). The molecule has 0 aliphatic carbocycles. The van der Waals surface area contributed by atoms with Gasteiger partial charge in [0, 0.05) is 6.08 Å². The van der Waals surface area contributed by atoms with Gasteiger partial charge in [0.1, 0.15) is 5.76 Å². The van der Waals surface area contributed by atoms with Crippen LogP contribution in [0.1, 0.15) is 11.3 Å². The number of hydrogen-bond donors (Lipinski definition) is 1. The first-order chi connectivity index (χ1) is 15.6. The number of fused-ring (bicyclic) bond motifs is 1. The van der Waals surface area contributed by atoms with Gasteiger partial charge in [-0.25, -0.2) is 4.98 Å². The zero-order valence-electron chi connectivity index (χ0n) is 16.5. The average molecular weight is 478 g/mol. The summed E-state index contributed by atoms with van der Waals surface area (Å²) in [5.74, 6) is 0.434. The van der Waals surface area contributed by atoms with Crippen molar-refractivity contribution in [1.82, 2.24) is 15.4 Å². The van der Waals surface area contributed by atoms with E-state index in [1.165, 1.54) is 0 Å². The van der Waals surface area contributed by atoms with Gasteiger partial charge >= 0.3 is 0 Å². The molecule has 1 saturated heterocycles. The van der Waals surface area contributed by atoms with E-state index in [0.717, 1.165) is 37.6 Å². The van der Waals surface area contributed by atoms with Crippen molar-refractivity contribution in [3.63, 3.8) is 0 Å². The van der Waals surface area contributed by atoms with Crippen LogP contribution in [0, 0.1) is 0 Å². The Balaban J connectivity index is 1.30. The Kier molecular flexibility index (Phi) is 5.60. The predicted octanol–water partition coefficient (Wildman–Crippen LogP) is 5.03. The maximum atomic E-state index is 12.8. The third-order valence-corrected chi connectivity index (χ3v) is 7.00. The van der Waals surface area contributed by atoms with Gasteiger partial charge in [0.15, 0.2) is 15.1 Å². The van der Waals surface area contributed by atoms with Crippen molar-refractivity contribution in [2.24, 2.45) is 0 Å². The lowest BCUT2D eigenvalue weighted by Crippen LogP contribution is -2.45. The maximum Gasteiger partial charge on any atom is 0.285 e. The van der Waals surface area contributed by atoms with Crippen molar-refractivity contribution < 1.29 is 14.0 Å². The number of furan rings is 1. The molecule has 0 radical (unpaired) electrons. The predicted molar refractivity (Wildman–Crippen MR) is 131 cm³/mol. The summed E-state index contributed by atoms with van der Waals surface area (Å²) in [5.41, 5.74) is 4.36. The van der Waals surface area contributed by atoms with Gasteiger partial charge in [-0.15, -0.1) is 11.3 Å². The number of carbonyl (C=O) groups excluding carboxylic acids is 2. The quantitative estimate of drug-likeness (QED) is 0.321. The van der Waals surface area contributed by atoms with E-state index in [1.807, 2.05) is 60.7 Å². The van der Waals surface area contributed by atoms with Crippen LogP contribution >= 0.6 is 35.3 Å². The molecule has 2 aromatic carbocycles. The number of rotatable bonds is 5. The lowest BCUT2D eigenvalue weighted by Gasteiger charge is -2.15. The number of benzene rings is 2. The standard InChI is InChI=1S/C23H15N3O3S3/c27-20(12-14-6-2-1-3-7-14)25-26-22(28)19(32-23(26)30)13-15-10-11-17(29-15)21-24-16-8-4-5-9-18(16)31-21/h1-11,13H,12H2,(H,25,27). The van der Waals surface area contributed by atoms with Crippen molar-refractivity contribution in [2.45, 2.75) is 6.42 Å². The molecule has 6 nitrogen and oxygen atoms in total. The number of hydrogen-bond acceptors (Lipinski definition) is 7. The van der Waals surface area contributed by atoms with E-state index in [4.69, 9.17) is 16.6 Å². The largest absolute Gasteiger partial charge is 0.454 e. The molecule has 2 aromatic heterocycles. The van der Waals surface area contributed by atoms with E-state index in [2.05, 4.69) is 10.4 Å². The average Bonchev–Trinajstić information content (AvgIpc) is 3.49. The second-order valence-electron chi connectivity index (χ2n) is 6.90. The van der Waals surface area contributed by atoms with E-state index in [0.29, 0.717) is 16.4 Å². The fourth-order valence-electron chi connectivity index (χ4n) is 3.16. The van der Waals surface area contributed by atoms with Crippen LogP contribution < -0.4 is 5.43 Å².